The Bertz CT molecular complexity index is 635. The molecule has 0 N–H and O–H groups in total. The zero-order chi connectivity index (χ0) is 17.0. The van der Waals surface area contributed by atoms with E-state index in [1.54, 1.807) is 0 Å². The van der Waals surface area contributed by atoms with Gasteiger partial charge in [-0.15, -0.1) is 0 Å². The molecule has 2 aromatic rings. The molecule has 1 fully saturated rings. The topological polar surface area (TPSA) is 6.48 Å². The van der Waals surface area contributed by atoms with Crippen LogP contribution in [0.15, 0.2) is 54.6 Å². The highest BCUT2D eigenvalue weighted by molar-refractivity contribution is 5.46. The zero-order valence-corrected chi connectivity index (χ0v) is 15.3. The normalized spacial score (nSPS) is 16.4. The van der Waals surface area contributed by atoms with Crippen LogP contribution in [0.1, 0.15) is 31.9 Å². The van der Waals surface area contributed by atoms with Crippen molar-refractivity contribution in [2.45, 2.75) is 33.7 Å². The van der Waals surface area contributed by atoms with E-state index in [4.69, 9.17) is 0 Å². The number of rotatable bonds is 4. The molecular formula is C22H30N2. The van der Waals surface area contributed by atoms with Gasteiger partial charge in [0.25, 0.3) is 0 Å². The predicted octanol–water partition coefficient (Wildman–Crippen LogP) is 4.60. The third-order valence-electron chi connectivity index (χ3n) is 4.63. The minimum Gasteiger partial charge on any atom is -0.369 e. The summed E-state index contributed by atoms with van der Waals surface area (Å²) in [6, 6.07) is 19.9. The number of piperazine rings is 1. The van der Waals surface area contributed by atoms with Gasteiger partial charge in [0.05, 0.1) is 0 Å². The largest absolute Gasteiger partial charge is 0.369 e. The van der Waals surface area contributed by atoms with Crippen molar-refractivity contribution < 1.29 is 0 Å². The molecule has 1 heterocycles. The maximum atomic E-state index is 2.58. The highest BCUT2D eigenvalue weighted by atomic mass is 15.3. The third kappa shape index (κ3) is 4.85. The summed E-state index contributed by atoms with van der Waals surface area (Å²) in [5, 5.41) is 0. The molecule has 0 spiro atoms. The van der Waals surface area contributed by atoms with Crippen LogP contribution in [0.25, 0.3) is 0 Å². The van der Waals surface area contributed by atoms with E-state index >= 15 is 0 Å². The van der Waals surface area contributed by atoms with Crippen molar-refractivity contribution in [1.82, 2.24) is 4.90 Å². The van der Waals surface area contributed by atoms with Crippen LogP contribution < -0.4 is 4.90 Å². The number of hydrogen-bond acceptors (Lipinski definition) is 2. The second-order valence-corrected chi connectivity index (χ2v) is 8.16. The third-order valence-corrected chi connectivity index (χ3v) is 4.63. The molecule has 0 amide bonds. The lowest BCUT2D eigenvalue weighted by Gasteiger charge is -2.36. The molecule has 128 valence electrons. The summed E-state index contributed by atoms with van der Waals surface area (Å²) in [4.78, 5) is 5.07. The van der Waals surface area contributed by atoms with Crippen LogP contribution in [0.5, 0.6) is 0 Å². The molecule has 1 saturated heterocycles. The fraction of sp³-hybridized carbons (Fsp3) is 0.455. The SMILES string of the molecule is CC(C)(C)Cc1cccc(CN2CCN(c3ccccc3)CC2)c1. The summed E-state index contributed by atoms with van der Waals surface area (Å²) in [5.74, 6) is 0. The summed E-state index contributed by atoms with van der Waals surface area (Å²) in [6.07, 6.45) is 1.14. The second kappa shape index (κ2) is 7.40. The first-order chi connectivity index (χ1) is 11.5. The van der Waals surface area contributed by atoms with Gasteiger partial charge in [-0.3, -0.25) is 4.90 Å². The number of anilines is 1. The van der Waals surface area contributed by atoms with Crippen LogP contribution in [-0.4, -0.2) is 31.1 Å². The van der Waals surface area contributed by atoms with E-state index in [2.05, 4.69) is 85.2 Å². The van der Waals surface area contributed by atoms with Crippen LogP contribution in [0.4, 0.5) is 5.69 Å². The van der Waals surface area contributed by atoms with E-state index < -0.39 is 0 Å². The van der Waals surface area contributed by atoms with Crippen molar-refractivity contribution in [3.8, 4) is 0 Å². The van der Waals surface area contributed by atoms with Gasteiger partial charge in [0.2, 0.25) is 0 Å². The van der Waals surface area contributed by atoms with Gasteiger partial charge >= 0.3 is 0 Å². The number of benzene rings is 2. The van der Waals surface area contributed by atoms with Gasteiger partial charge in [0.1, 0.15) is 0 Å². The Morgan fingerprint density at radius 1 is 0.792 bits per heavy atom. The summed E-state index contributed by atoms with van der Waals surface area (Å²) in [7, 11) is 0. The van der Waals surface area contributed by atoms with Crippen LogP contribution in [-0.2, 0) is 13.0 Å². The summed E-state index contributed by atoms with van der Waals surface area (Å²) < 4.78 is 0. The van der Waals surface area contributed by atoms with E-state index in [-0.39, 0.29) is 0 Å². The first kappa shape index (κ1) is 17.0. The van der Waals surface area contributed by atoms with Gasteiger partial charge in [0, 0.05) is 38.4 Å². The van der Waals surface area contributed by atoms with E-state index in [0.29, 0.717) is 5.41 Å². The molecule has 0 aliphatic carbocycles. The number of nitrogens with zero attached hydrogens (tertiary/aromatic N) is 2. The minimum absolute atomic E-state index is 0.347. The van der Waals surface area contributed by atoms with Crippen molar-refractivity contribution in [3.05, 3.63) is 65.7 Å². The fourth-order valence-electron chi connectivity index (χ4n) is 3.51. The highest BCUT2D eigenvalue weighted by Crippen LogP contribution is 2.22. The molecule has 0 bridgehead atoms. The molecule has 1 aliphatic rings. The van der Waals surface area contributed by atoms with Gasteiger partial charge in [-0.25, -0.2) is 0 Å². The fourth-order valence-corrected chi connectivity index (χ4v) is 3.51. The lowest BCUT2D eigenvalue weighted by molar-refractivity contribution is 0.250. The maximum absolute atomic E-state index is 2.58. The molecule has 2 aromatic carbocycles. The van der Waals surface area contributed by atoms with Crippen LogP contribution in [0.3, 0.4) is 0 Å². The minimum atomic E-state index is 0.347. The van der Waals surface area contributed by atoms with Gasteiger partial charge in [-0.2, -0.15) is 0 Å². The van der Waals surface area contributed by atoms with Crippen molar-refractivity contribution in [2.75, 3.05) is 31.1 Å². The molecule has 3 rings (SSSR count). The maximum Gasteiger partial charge on any atom is 0.0367 e. The Hall–Kier alpha value is -1.80. The Labute approximate surface area is 147 Å². The van der Waals surface area contributed by atoms with Crippen molar-refractivity contribution in [1.29, 1.82) is 0 Å². The lowest BCUT2D eigenvalue weighted by Crippen LogP contribution is -2.45. The zero-order valence-electron chi connectivity index (χ0n) is 15.3. The second-order valence-electron chi connectivity index (χ2n) is 8.16. The first-order valence-corrected chi connectivity index (χ1v) is 9.10. The molecule has 0 saturated carbocycles. The molecule has 1 aliphatic heterocycles. The number of hydrogen-bond donors (Lipinski definition) is 0. The van der Waals surface area contributed by atoms with E-state index in [9.17, 15) is 0 Å². The van der Waals surface area contributed by atoms with Crippen molar-refractivity contribution in [2.24, 2.45) is 5.41 Å². The lowest BCUT2D eigenvalue weighted by atomic mass is 9.88. The standard InChI is InChI=1S/C22H30N2/c1-22(2,3)17-19-8-7-9-20(16-19)18-23-12-14-24(15-13-23)21-10-5-4-6-11-21/h4-11,16H,12-15,17-18H2,1-3H3. The summed E-state index contributed by atoms with van der Waals surface area (Å²) in [6.45, 7) is 12.5. The Kier molecular flexibility index (Phi) is 5.25. The smallest absolute Gasteiger partial charge is 0.0367 e. The van der Waals surface area contributed by atoms with Crippen molar-refractivity contribution in [3.63, 3.8) is 0 Å². The quantitative estimate of drug-likeness (QED) is 0.812. The van der Waals surface area contributed by atoms with E-state index in [1.165, 1.54) is 16.8 Å². The Morgan fingerprint density at radius 2 is 1.46 bits per heavy atom. The average molecular weight is 322 g/mol. The molecule has 0 atom stereocenters. The number of para-hydroxylation sites is 1. The predicted molar refractivity (Wildman–Crippen MR) is 104 cm³/mol. The van der Waals surface area contributed by atoms with Gasteiger partial charge in [-0.1, -0.05) is 63.2 Å². The van der Waals surface area contributed by atoms with E-state index in [0.717, 1.165) is 39.1 Å². The van der Waals surface area contributed by atoms with Crippen LogP contribution in [0.2, 0.25) is 0 Å². The molecule has 24 heavy (non-hydrogen) atoms. The van der Waals surface area contributed by atoms with Crippen LogP contribution >= 0.6 is 0 Å². The average Bonchev–Trinajstić information content (AvgIpc) is 2.55. The molecule has 2 nitrogen and oxygen atoms in total. The van der Waals surface area contributed by atoms with E-state index in [1.807, 2.05) is 0 Å². The molecule has 2 heteroatoms. The summed E-state index contributed by atoms with van der Waals surface area (Å²) >= 11 is 0. The van der Waals surface area contributed by atoms with Gasteiger partial charge < -0.3 is 4.90 Å². The van der Waals surface area contributed by atoms with Crippen molar-refractivity contribution >= 4 is 5.69 Å². The molecule has 0 radical (unpaired) electrons. The monoisotopic (exact) mass is 322 g/mol. The Morgan fingerprint density at radius 3 is 2.12 bits per heavy atom. The molecule has 0 aromatic heterocycles. The molecular weight excluding hydrogens is 292 g/mol. The van der Waals surface area contributed by atoms with Crippen LogP contribution in [0, 0.1) is 5.41 Å². The first-order valence-electron chi connectivity index (χ1n) is 9.10. The molecule has 0 unspecified atom stereocenters. The van der Waals surface area contributed by atoms with Gasteiger partial charge in [-0.05, 0) is 35.1 Å². The summed E-state index contributed by atoms with van der Waals surface area (Å²) in [5.41, 5.74) is 4.61. The Balaban J connectivity index is 1.55. The highest BCUT2D eigenvalue weighted by Gasteiger charge is 2.17. The van der Waals surface area contributed by atoms with Gasteiger partial charge in [0.15, 0.2) is 0 Å².